The molecule has 0 fully saturated rings. The van der Waals surface area contributed by atoms with Crippen molar-refractivity contribution in [3.05, 3.63) is 35.4 Å². The summed E-state index contributed by atoms with van der Waals surface area (Å²) in [6.07, 6.45) is 1.50. The molecular formula is C14H19O5P. The van der Waals surface area contributed by atoms with Crippen molar-refractivity contribution in [3.8, 4) is 0 Å². The van der Waals surface area contributed by atoms with Crippen LogP contribution in [0.3, 0.4) is 0 Å². The van der Waals surface area contributed by atoms with Gasteiger partial charge in [-0.3, -0.25) is 4.57 Å². The Balaban J connectivity index is 3.31. The van der Waals surface area contributed by atoms with Gasteiger partial charge in [-0.1, -0.05) is 32.9 Å². The number of rotatable bonds is 4. The molecule has 0 spiro atoms. The maximum atomic E-state index is 11.7. The van der Waals surface area contributed by atoms with Crippen molar-refractivity contribution in [2.45, 2.75) is 20.8 Å². The maximum Gasteiger partial charge on any atom is 0.358 e. The molecule has 0 heterocycles. The molecule has 2 N–H and O–H groups in total. The highest BCUT2D eigenvalue weighted by atomic mass is 31.2. The van der Waals surface area contributed by atoms with E-state index >= 15 is 0 Å². The highest BCUT2D eigenvalue weighted by molar-refractivity contribution is 7.61. The topological polar surface area (TPSA) is 83.8 Å². The summed E-state index contributed by atoms with van der Waals surface area (Å²) in [5, 5.41) is 9.38. The van der Waals surface area contributed by atoms with Crippen LogP contribution in [0.2, 0.25) is 0 Å². The van der Waals surface area contributed by atoms with Crippen molar-refractivity contribution >= 4 is 24.9 Å². The van der Waals surface area contributed by atoms with Gasteiger partial charge in [0.25, 0.3) is 0 Å². The molecule has 110 valence electrons. The van der Waals surface area contributed by atoms with Crippen molar-refractivity contribution in [1.82, 2.24) is 0 Å². The Morgan fingerprint density at radius 2 is 1.95 bits per heavy atom. The third kappa shape index (κ3) is 4.04. The molecule has 0 aliphatic rings. The van der Waals surface area contributed by atoms with Crippen LogP contribution < -0.4 is 5.30 Å². The minimum absolute atomic E-state index is 0.132. The zero-order valence-corrected chi connectivity index (χ0v) is 12.8. The Kier molecular flexibility index (Phi) is 4.92. The molecule has 20 heavy (non-hydrogen) atoms. The molecule has 1 unspecified atom stereocenters. The average Bonchev–Trinajstić information content (AvgIpc) is 2.34. The lowest BCUT2D eigenvalue weighted by Crippen LogP contribution is -2.17. The van der Waals surface area contributed by atoms with Crippen LogP contribution in [0.4, 0.5) is 0 Å². The van der Waals surface area contributed by atoms with Crippen LogP contribution >= 0.6 is 7.60 Å². The molecule has 1 atom stereocenters. The highest BCUT2D eigenvalue weighted by Crippen LogP contribution is 2.39. The maximum absolute atomic E-state index is 11.7. The van der Waals surface area contributed by atoms with Gasteiger partial charge in [-0.25, -0.2) is 4.79 Å². The lowest BCUT2D eigenvalue weighted by Gasteiger charge is -2.19. The minimum Gasteiger partial charge on any atom is -0.478 e. The van der Waals surface area contributed by atoms with Crippen LogP contribution in [0, 0.1) is 5.41 Å². The molecule has 1 aromatic rings. The summed E-state index contributed by atoms with van der Waals surface area (Å²) in [5.74, 6) is -1.01. The molecule has 0 bridgehead atoms. The summed E-state index contributed by atoms with van der Waals surface area (Å²) >= 11 is 0. The van der Waals surface area contributed by atoms with Gasteiger partial charge in [0, 0.05) is 12.7 Å². The van der Waals surface area contributed by atoms with E-state index in [1.54, 1.807) is 32.9 Å². The Morgan fingerprint density at radius 1 is 1.35 bits per heavy atom. The van der Waals surface area contributed by atoms with E-state index in [0.717, 1.165) is 7.11 Å². The Bertz CT molecular complexity index is 583. The smallest absolute Gasteiger partial charge is 0.358 e. The second-order valence-electron chi connectivity index (χ2n) is 5.41. The van der Waals surface area contributed by atoms with E-state index in [-0.39, 0.29) is 10.9 Å². The van der Waals surface area contributed by atoms with Crippen LogP contribution in [-0.2, 0) is 13.9 Å². The molecule has 0 saturated heterocycles. The van der Waals surface area contributed by atoms with Crippen molar-refractivity contribution in [2.24, 2.45) is 5.41 Å². The number of carboxylic acids is 1. The van der Waals surface area contributed by atoms with Gasteiger partial charge in [0.15, 0.2) is 0 Å². The Labute approximate surface area is 118 Å². The van der Waals surface area contributed by atoms with Crippen LogP contribution in [0.25, 0.3) is 6.08 Å². The summed E-state index contributed by atoms with van der Waals surface area (Å²) in [4.78, 5) is 20.9. The largest absolute Gasteiger partial charge is 0.478 e. The number of benzene rings is 1. The first-order valence-corrected chi connectivity index (χ1v) is 7.60. The van der Waals surface area contributed by atoms with E-state index in [4.69, 9.17) is 0 Å². The number of carboxylic acid groups (broad SMARTS) is 1. The molecule has 0 saturated carbocycles. The van der Waals surface area contributed by atoms with E-state index in [2.05, 4.69) is 4.52 Å². The Hall–Kier alpha value is -1.42. The molecule has 0 aromatic heterocycles. The molecule has 0 amide bonds. The van der Waals surface area contributed by atoms with E-state index in [1.807, 2.05) is 0 Å². The highest BCUT2D eigenvalue weighted by Gasteiger charge is 2.24. The number of aliphatic carboxylic acids is 1. The summed E-state index contributed by atoms with van der Waals surface area (Å²) < 4.78 is 16.3. The summed E-state index contributed by atoms with van der Waals surface area (Å²) in [7, 11) is -2.68. The predicted molar refractivity (Wildman–Crippen MR) is 78.0 cm³/mol. The van der Waals surface area contributed by atoms with Crippen LogP contribution in [-0.4, -0.2) is 23.1 Å². The standard InChI is InChI=1S/C14H19O5P/c1-14(2,3)12(13(15)16)9-10-6-5-7-11(8-10)20(17,18)19-4/h5-9H,1-4H3,(H,15,16)(H,17,18). The summed E-state index contributed by atoms with van der Waals surface area (Å²) in [5.41, 5.74) is 0.229. The van der Waals surface area contributed by atoms with Gasteiger partial charge in [0.1, 0.15) is 0 Å². The fraction of sp³-hybridized carbons (Fsp3) is 0.357. The molecule has 1 rings (SSSR count). The van der Waals surface area contributed by atoms with Crippen LogP contribution in [0.5, 0.6) is 0 Å². The zero-order chi connectivity index (χ0) is 15.6. The van der Waals surface area contributed by atoms with Crippen molar-refractivity contribution in [3.63, 3.8) is 0 Å². The van der Waals surface area contributed by atoms with E-state index < -0.39 is 19.0 Å². The van der Waals surface area contributed by atoms with Crippen molar-refractivity contribution < 1.29 is 23.9 Å². The predicted octanol–water partition coefficient (Wildman–Crippen LogP) is 2.66. The van der Waals surface area contributed by atoms with Crippen molar-refractivity contribution in [1.29, 1.82) is 0 Å². The number of hydrogen-bond donors (Lipinski definition) is 2. The molecule has 0 radical (unpaired) electrons. The Morgan fingerprint density at radius 3 is 2.40 bits per heavy atom. The van der Waals surface area contributed by atoms with Gasteiger partial charge in [0.2, 0.25) is 0 Å². The lowest BCUT2D eigenvalue weighted by molar-refractivity contribution is -0.133. The lowest BCUT2D eigenvalue weighted by atomic mass is 9.85. The van der Waals surface area contributed by atoms with E-state index in [9.17, 15) is 19.4 Å². The van der Waals surface area contributed by atoms with E-state index in [1.165, 1.54) is 18.2 Å². The van der Waals surface area contributed by atoms with E-state index in [0.29, 0.717) is 5.56 Å². The van der Waals surface area contributed by atoms with Gasteiger partial charge in [-0.15, -0.1) is 0 Å². The average molecular weight is 298 g/mol. The first-order valence-electron chi connectivity index (χ1n) is 6.02. The molecular weight excluding hydrogens is 279 g/mol. The van der Waals surface area contributed by atoms with Gasteiger partial charge in [-0.2, -0.15) is 0 Å². The fourth-order valence-corrected chi connectivity index (χ4v) is 2.46. The second kappa shape index (κ2) is 5.92. The number of carbonyl (C=O) groups is 1. The third-order valence-electron chi connectivity index (χ3n) is 2.79. The van der Waals surface area contributed by atoms with Crippen LogP contribution in [0.1, 0.15) is 26.3 Å². The fourth-order valence-electron chi connectivity index (χ4n) is 1.66. The molecule has 0 aliphatic heterocycles. The van der Waals surface area contributed by atoms with Crippen LogP contribution in [0.15, 0.2) is 29.8 Å². The third-order valence-corrected chi connectivity index (χ3v) is 4.22. The second-order valence-corrected chi connectivity index (χ2v) is 7.33. The number of hydrogen-bond acceptors (Lipinski definition) is 3. The normalized spacial score (nSPS) is 15.8. The quantitative estimate of drug-likeness (QED) is 0.659. The summed E-state index contributed by atoms with van der Waals surface area (Å²) in [6, 6.07) is 6.19. The van der Waals surface area contributed by atoms with Gasteiger partial charge < -0.3 is 14.5 Å². The first-order chi connectivity index (χ1) is 9.08. The van der Waals surface area contributed by atoms with Crippen molar-refractivity contribution in [2.75, 3.05) is 7.11 Å². The minimum atomic E-state index is -3.84. The SMILES string of the molecule is COP(=O)(O)c1cccc(C=C(C(=O)O)C(C)(C)C)c1. The van der Waals surface area contributed by atoms with Gasteiger partial charge >= 0.3 is 13.6 Å². The molecule has 1 aromatic carbocycles. The van der Waals surface area contributed by atoms with Gasteiger partial charge in [0.05, 0.1) is 5.30 Å². The zero-order valence-electron chi connectivity index (χ0n) is 12.0. The van der Waals surface area contributed by atoms with Gasteiger partial charge in [-0.05, 0) is 29.2 Å². The first kappa shape index (κ1) is 16.6. The molecule has 6 heteroatoms. The summed E-state index contributed by atoms with van der Waals surface area (Å²) in [6.45, 7) is 5.38. The molecule has 0 aliphatic carbocycles. The molecule has 5 nitrogen and oxygen atoms in total. The monoisotopic (exact) mass is 298 g/mol.